The van der Waals surface area contributed by atoms with Crippen molar-refractivity contribution in [1.82, 2.24) is 0 Å². The molecule has 1 aromatic rings. The van der Waals surface area contributed by atoms with Gasteiger partial charge in [0.05, 0.1) is 11.0 Å². The normalized spacial score (nSPS) is 12.6. The number of non-ortho nitro benzene ring substituents is 1. The number of rotatable bonds is 4. The highest BCUT2D eigenvalue weighted by atomic mass is 16.6. The maximum Gasteiger partial charge on any atom is 0.347 e. The van der Waals surface area contributed by atoms with Gasteiger partial charge in [0, 0.05) is 6.07 Å². The van der Waals surface area contributed by atoms with Gasteiger partial charge in [-0.2, -0.15) is 0 Å². The van der Waals surface area contributed by atoms with Gasteiger partial charge >= 0.3 is 5.97 Å². The van der Waals surface area contributed by atoms with Crippen LogP contribution in [0.25, 0.3) is 0 Å². The lowest BCUT2D eigenvalue weighted by Crippen LogP contribution is -2.33. The molecule has 1 unspecified atom stereocenters. The minimum absolute atomic E-state index is 0.0890. The number of nitro groups is 1. The lowest BCUT2D eigenvalue weighted by Gasteiger charge is -2.22. The summed E-state index contributed by atoms with van der Waals surface area (Å²) >= 11 is 0. The Morgan fingerprint density at radius 2 is 2.00 bits per heavy atom. The minimum atomic E-state index is -0.832. The van der Waals surface area contributed by atoms with E-state index in [1.54, 1.807) is 26.8 Å². The zero-order chi connectivity index (χ0) is 14.6. The molecule has 6 heteroatoms. The molecule has 0 N–H and O–H groups in total. The number of nitro benzene ring substituents is 1. The number of benzene rings is 1. The molecule has 0 aliphatic carbocycles. The SMILES string of the molecule is CC(Oc1cccc([N+](=O)[O-])c1)C(=O)OC(C)(C)C. The summed E-state index contributed by atoms with van der Waals surface area (Å²) in [5.74, 6) is -0.258. The number of ether oxygens (including phenoxy) is 2. The molecule has 1 aromatic carbocycles. The van der Waals surface area contributed by atoms with Crippen LogP contribution in [0, 0.1) is 10.1 Å². The van der Waals surface area contributed by atoms with Crippen LogP contribution in [-0.2, 0) is 9.53 Å². The molecule has 0 fully saturated rings. The van der Waals surface area contributed by atoms with Gasteiger partial charge in [-0.05, 0) is 33.8 Å². The van der Waals surface area contributed by atoms with Crippen LogP contribution < -0.4 is 4.74 Å². The van der Waals surface area contributed by atoms with Gasteiger partial charge in [-0.3, -0.25) is 10.1 Å². The number of esters is 1. The molecule has 104 valence electrons. The monoisotopic (exact) mass is 267 g/mol. The molecule has 1 rings (SSSR count). The molecule has 0 amide bonds. The Labute approximate surface area is 111 Å². The molecular weight excluding hydrogens is 250 g/mol. The molecule has 0 spiro atoms. The van der Waals surface area contributed by atoms with Crippen molar-refractivity contribution in [3.8, 4) is 5.75 Å². The number of hydrogen-bond acceptors (Lipinski definition) is 5. The number of carbonyl (C=O) groups excluding carboxylic acids is 1. The highest BCUT2D eigenvalue weighted by Crippen LogP contribution is 2.21. The van der Waals surface area contributed by atoms with Crippen LogP contribution in [0.1, 0.15) is 27.7 Å². The molecule has 0 radical (unpaired) electrons. The van der Waals surface area contributed by atoms with E-state index < -0.39 is 22.6 Å². The van der Waals surface area contributed by atoms with Gasteiger partial charge in [0.15, 0.2) is 6.10 Å². The first-order chi connectivity index (χ1) is 8.69. The fraction of sp³-hybridized carbons (Fsp3) is 0.462. The Hall–Kier alpha value is -2.11. The van der Waals surface area contributed by atoms with Gasteiger partial charge in [0.2, 0.25) is 0 Å². The maximum atomic E-state index is 11.7. The average Bonchev–Trinajstić information content (AvgIpc) is 2.27. The summed E-state index contributed by atoms with van der Waals surface area (Å²) in [6, 6.07) is 5.66. The van der Waals surface area contributed by atoms with E-state index in [-0.39, 0.29) is 11.4 Å². The van der Waals surface area contributed by atoms with Crippen molar-refractivity contribution in [2.75, 3.05) is 0 Å². The molecule has 1 atom stereocenters. The topological polar surface area (TPSA) is 78.7 Å². The summed E-state index contributed by atoms with van der Waals surface area (Å²) in [6.45, 7) is 6.80. The maximum absolute atomic E-state index is 11.7. The van der Waals surface area contributed by atoms with E-state index in [9.17, 15) is 14.9 Å². The van der Waals surface area contributed by atoms with Crippen LogP contribution in [0.2, 0.25) is 0 Å². The zero-order valence-corrected chi connectivity index (χ0v) is 11.4. The molecule has 0 saturated carbocycles. The third-order valence-corrected chi connectivity index (χ3v) is 2.08. The molecular formula is C13H17NO5. The minimum Gasteiger partial charge on any atom is -0.479 e. The quantitative estimate of drug-likeness (QED) is 0.476. The Kier molecular flexibility index (Phi) is 4.47. The third kappa shape index (κ3) is 4.95. The van der Waals surface area contributed by atoms with Gasteiger partial charge in [0.25, 0.3) is 5.69 Å². The first-order valence-corrected chi connectivity index (χ1v) is 5.83. The third-order valence-electron chi connectivity index (χ3n) is 2.08. The number of carbonyl (C=O) groups is 1. The predicted octanol–water partition coefficient (Wildman–Crippen LogP) is 2.70. The van der Waals surface area contributed by atoms with Crippen molar-refractivity contribution in [3.63, 3.8) is 0 Å². The molecule has 0 aromatic heterocycles. The standard InChI is InChI=1S/C13H17NO5/c1-9(12(15)19-13(2,3)4)18-11-7-5-6-10(8-11)14(16)17/h5-9H,1-4H3. The first-order valence-electron chi connectivity index (χ1n) is 5.83. The number of hydrogen-bond donors (Lipinski definition) is 0. The Morgan fingerprint density at radius 1 is 1.37 bits per heavy atom. The van der Waals surface area contributed by atoms with Crippen molar-refractivity contribution in [2.45, 2.75) is 39.4 Å². The summed E-state index contributed by atoms with van der Waals surface area (Å²) in [4.78, 5) is 21.8. The largest absolute Gasteiger partial charge is 0.479 e. The van der Waals surface area contributed by atoms with Crippen LogP contribution in [0.5, 0.6) is 5.75 Å². The smallest absolute Gasteiger partial charge is 0.347 e. The summed E-state index contributed by atoms with van der Waals surface area (Å²) < 4.78 is 10.5. The Morgan fingerprint density at radius 3 is 2.53 bits per heavy atom. The average molecular weight is 267 g/mol. The second-order valence-corrected chi connectivity index (χ2v) is 5.05. The summed E-state index contributed by atoms with van der Waals surface area (Å²) in [5, 5.41) is 10.6. The summed E-state index contributed by atoms with van der Waals surface area (Å²) in [5.41, 5.74) is -0.689. The lowest BCUT2D eigenvalue weighted by molar-refractivity contribution is -0.384. The van der Waals surface area contributed by atoms with Crippen LogP contribution in [0.4, 0.5) is 5.69 Å². The van der Waals surface area contributed by atoms with E-state index in [1.165, 1.54) is 25.1 Å². The van der Waals surface area contributed by atoms with Crippen LogP contribution in [-0.4, -0.2) is 22.6 Å². The van der Waals surface area contributed by atoms with E-state index in [1.807, 2.05) is 0 Å². The zero-order valence-electron chi connectivity index (χ0n) is 11.4. The molecule has 0 heterocycles. The van der Waals surface area contributed by atoms with Gasteiger partial charge < -0.3 is 9.47 Å². The van der Waals surface area contributed by atoms with E-state index in [0.717, 1.165) is 0 Å². The second-order valence-electron chi connectivity index (χ2n) is 5.05. The van der Waals surface area contributed by atoms with E-state index in [0.29, 0.717) is 0 Å². The van der Waals surface area contributed by atoms with E-state index in [2.05, 4.69) is 0 Å². The lowest BCUT2D eigenvalue weighted by atomic mass is 10.2. The van der Waals surface area contributed by atoms with E-state index >= 15 is 0 Å². The Balaban J connectivity index is 2.71. The van der Waals surface area contributed by atoms with Crippen molar-refractivity contribution in [1.29, 1.82) is 0 Å². The fourth-order valence-electron chi connectivity index (χ4n) is 1.31. The molecule has 0 saturated heterocycles. The Bertz CT molecular complexity index is 478. The van der Waals surface area contributed by atoms with Crippen molar-refractivity contribution < 1.29 is 19.2 Å². The number of nitrogens with zero attached hydrogens (tertiary/aromatic N) is 1. The molecule has 0 aliphatic rings. The van der Waals surface area contributed by atoms with Crippen molar-refractivity contribution in [2.24, 2.45) is 0 Å². The molecule has 6 nitrogen and oxygen atoms in total. The highest BCUT2D eigenvalue weighted by Gasteiger charge is 2.23. The molecule has 0 aliphatic heterocycles. The van der Waals surface area contributed by atoms with Crippen LogP contribution >= 0.6 is 0 Å². The van der Waals surface area contributed by atoms with E-state index in [4.69, 9.17) is 9.47 Å². The van der Waals surface area contributed by atoms with Gasteiger partial charge in [-0.15, -0.1) is 0 Å². The van der Waals surface area contributed by atoms with Gasteiger partial charge in [0.1, 0.15) is 11.4 Å². The van der Waals surface area contributed by atoms with Crippen LogP contribution in [0.3, 0.4) is 0 Å². The molecule has 19 heavy (non-hydrogen) atoms. The molecule has 0 bridgehead atoms. The van der Waals surface area contributed by atoms with Crippen LogP contribution in [0.15, 0.2) is 24.3 Å². The highest BCUT2D eigenvalue weighted by molar-refractivity contribution is 5.75. The van der Waals surface area contributed by atoms with Crippen molar-refractivity contribution in [3.05, 3.63) is 34.4 Å². The summed E-state index contributed by atoms with van der Waals surface area (Å²) in [7, 11) is 0. The summed E-state index contributed by atoms with van der Waals surface area (Å²) in [6.07, 6.45) is -0.832. The first kappa shape index (κ1) is 14.9. The second kappa shape index (κ2) is 5.69. The predicted molar refractivity (Wildman–Crippen MR) is 69.0 cm³/mol. The van der Waals surface area contributed by atoms with Crippen molar-refractivity contribution >= 4 is 11.7 Å². The fourth-order valence-corrected chi connectivity index (χ4v) is 1.31. The van der Waals surface area contributed by atoms with Gasteiger partial charge in [-0.1, -0.05) is 6.07 Å². The van der Waals surface area contributed by atoms with Gasteiger partial charge in [-0.25, -0.2) is 4.79 Å².